The number of fused-ring (bicyclic) bond motifs is 1. The molecule has 1 aromatic carbocycles. The summed E-state index contributed by atoms with van der Waals surface area (Å²) in [7, 11) is 0. The van der Waals surface area contributed by atoms with Crippen LogP contribution >= 0.6 is 0 Å². The van der Waals surface area contributed by atoms with Gasteiger partial charge in [-0.05, 0) is 31.2 Å². The molecular formula is C16H15N3O2. The molecule has 0 aliphatic rings. The van der Waals surface area contributed by atoms with Crippen LogP contribution in [0.15, 0.2) is 53.3 Å². The van der Waals surface area contributed by atoms with E-state index in [2.05, 4.69) is 15.3 Å². The number of amides is 1. The number of nitrogens with zero attached hydrogens (tertiary/aromatic N) is 2. The third-order valence-electron chi connectivity index (χ3n) is 3.15. The number of carbonyl (C=O) groups is 1. The van der Waals surface area contributed by atoms with Crippen LogP contribution < -0.4 is 5.32 Å². The number of aromatic nitrogens is 2. The van der Waals surface area contributed by atoms with Crippen molar-refractivity contribution >= 4 is 16.9 Å². The van der Waals surface area contributed by atoms with Gasteiger partial charge >= 0.3 is 0 Å². The molecule has 0 aliphatic heterocycles. The lowest BCUT2D eigenvalue weighted by atomic mass is 10.2. The van der Waals surface area contributed by atoms with Gasteiger partial charge in [-0.3, -0.25) is 9.78 Å². The number of benzene rings is 1. The molecule has 0 saturated carbocycles. The van der Waals surface area contributed by atoms with Gasteiger partial charge in [-0.1, -0.05) is 12.1 Å². The molecule has 5 heteroatoms. The summed E-state index contributed by atoms with van der Waals surface area (Å²) < 4.78 is 5.27. The first-order chi connectivity index (χ1) is 10.2. The van der Waals surface area contributed by atoms with E-state index in [1.807, 2.05) is 43.3 Å². The normalized spacial score (nSPS) is 12.2. The largest absolute Gasteiger partial charge is 0.469 e. The van der Waals surface area contributed by atoms with Gasteiger partial charge in [0.2, 0.25) is 0 Å². The molecule has 1 N–H and O–H groups in total. The minimum absolute atomic E-state index is 0.0445. The molecule has 0 spiro atoms. The summed E-state index contributed by atoms with van der Waals surface area (Å²) in [6, 6.07) is 11.1. The first-order valence-electron chi connectivity index (χ1n) is 6.77. The SMILES string of the molecule is C[C@@H](Cc1ccco1)NC(=O)c1cnc2ccccc2n1. The van der Waals surface area contributed by atoms with Crippen LogP contribution in [0, 0.1) is 0 Å². The average molecular weight is 281 g/mol. The summed E-state index contributed by atoms with van der Waals surface area (Å²) in [4.78, 5) is 20.8. The molecule has 1 amide bonds. The first kappa shape index (κ1) is 13.3. The molecule has 0 radical (unpaired) electrons. The zero-order chi connectivity index (χ0) is 14.7. The van der Waals surface area contributed by atoms with Gasteiger partial charge in [0.25, 0.3) is 5.91 Å². The summed E-state index contributed by atoms with van der Waals surface area (Å²) in [6.45, 7) is 1.93. The van der Waals surface area contributed by atoms with Crippen molar-refractivity contribution in [3.05, 3.63) is 60.3 Å². The third-order valence-corrected chi connectivity index (χ3v) is 3.15. The van der Waals surface area contributed by atoms with Gasteiger partial charge in [-0.15, -0.1) is 0 Å². The Morgan fingerprint density at radius 2 is 2.05 bits per heavy atom. The Kier molecular flexibility index (Phi) is 3.64. The number of para-hydroxylation sites is 2. The molecule has 0 unspecified atom stereocenters. The molecule has 5 nitrogen and oxygen atoms in total. The van der Waals surface area contributed by atoms with E-state index < -0.39 is 0 Å². The van der Waals surface area contributed by atoms with Crippen molar-refractivity contribution in [3.8, 4) is 0 Å². The smallest absolute Gasteiger partial charge is 0.271 e. The molecule has 0 saturated heterocycles. The van der Waals surface area contributed by atoms with Gasteiger partial charge in [0.15, 0.2) is 0 Å². The van der Waals surface area contributed by atoms with Crippen LogP contribution in [0.1, 0.15) is 23.2 Å². The second-order valence-electron chi connectivity index (χ2n) is 4.90. The highest BCUT2D eigenvalue weighted by atomic mass is 16.3. The van der Waals surface area contributed by atoms with Gasteiger partial charge < -0.3 is 9.73 Å². The van der Waals surface area contributed by atoms with Crippen molar-refractivity contribution in [2.45, 2.75) is 19.4 Å². The summed E-state index contributed by atoms with van der Waals surface area (Å²) in [5, 5.41) is 2.90. The van der Waals surface area contributed by atoms with E-state index in [4.69, 9.17) is 4.42 Å². The lowest BCUT2D eigenvalue weighted by molar-refractivity contribution is 0.0934. The predicted octanol–water partition coefficient (Wildman–Crippen LogP) is 2.58. The van der Waals surface area contributed by atoms with Gasteiger partial charge in [-0.2, -0.15) is 0 Å². The molecule has 2 aromatic heterocycles. The number of hydrogen-bond acceptors (Lipinski definition) is 4. The molecular weight excluding hydrogens is 266 g/mol. The zero-order valence-electron chi connectivity index (χ0n) is 11.6. The fraction of sp³-hybridized carbons (Fsp3) is 0.188. The number of hydrogen-bond donors (Lipinski definition) is 1. The van der Waals surface area contributed by atoms with E-state index in [1.165, 1.54) is 6.20 Å². The summed E-state index contributed by atoms with van der Waals surface area (Å²) in [5.74, 6) is 0.611. The molecule has 0 bridgehead atoms. The molecule has 1 atom stereocenters. The van der Waals surface area contributed by atoms with Gasteiger partial charge in [0.1, 0.15) is 11.5 Å². The molecule has 2 heterocycles. The monoisotopic (exact) mass is 281 g/mol. The topological polar surface area (TPSA) is 68.0 Å². The van der Waals surface area contributed by atoms with Gasteiger partial charge in [0, 0.05) is 12.5 Å². The van der Waals surface area contributed by atoms with Crippen LogP contribution in [0.3, 0.4) is 0 Å². The second-order valence-corrected chi connectivity index (χ2v) is 4.90. The Labute approximate surface area is 122 Å². The average Bonchev–Trinajstić information content (AvgIpc) is 2.99. The maximum atomic E-state index is 12.2. The number of nitrogens with one attached hydrogen (secondary N) is 1. The van der Waals surface area contributed by atoms with Crippen LogP contribution in [0.2, 0.25) is 0 Å². The van der Waals surface area contributed by atoms with Crippen LogP contribution in [0.25, 0.3) is 11.0 Å². The van der Waals surface area contributed by atoms with Crippen molar-refractivity contribution < 1.29 is 9.21 Å². The minimum Gasteiger partial charge on any atom is -0.469 e. The first-order valence-corrected chi connectivity index (χ1v) is 6.77. The van der Waals surface area contributed by atoms with E-state index in [1.54, 1.807) is 6.26 Å². The Morgan fingerprint density at radius 3 is 2.81 bits per heavy atom. The Balaban J connectivity index is 1.71. The Hall–Kier alpha value is -2.69. The van der Waals surface area contributed by atoms with Crippen LogP contribution in [0.5, 0.6) is 0 Å². The maximum Gasteiger partial charge on any atom is 0.271 e. The van der Waals surface area contributed by atoms with Gasteiger partial charge in [-0.25, -0.2) is 4.98 Å². The molecule has 106 valence electrons. The van der Waals surface area contributed by atoms with Crippen molar-refractivity contribution in [2.75, 3.05) is 0 Å². The van der Waals surface area contributed by atoms with Crippen molar-refractivity contribution in [3.63, 3.8) is 0 Å². The second kappa shape index (κ2) is 5.75. The summed E-state index contributed by atoms with van der Waals surface area (Å²) in [6.07, 6.45) is 3.76. The third kappa shape index (κ3) is 3.08. The zero-order valence-corrected chi connectivity index (χ0v) is 11.6. The number of furan rings is 1. The van der Waals surface area contributed by atoms with E-state index in [0.29, 0.717) is 17.6 Å². The van der Waals surface area contributed by atoms with Gasteiger partial charge in [0.05, 0.1) is 23.5 Å². The molecule has 3 rings (SSSR count). The van der Waals surface area contributed by atoms with E-state index in [9.17, 15) is 4.79 Å². The number of carbonyl (C=O) groups excluding carboxylic acids is 1. The highest BCUT2D eigenvalue weighted by Crippen LogP contribution is 2.09. The lowest BCUT2D eigenvalue weighted by Gasteiger charge is -2.12. The van der Waals surface area contributed by atoms with Crippen molar-refractivity contribution in [2.24, 2.45) is 0 Å². The molecule has 21 heavy (non-hydrogen) atoms. The van der Waals surface area contributed by atoms with E-state index in [0.717, 1.165) is 11.3 Å². The highest BCUT2D eigenvalue weighted by Gasteiger charge is 2.13. The van der Waals surface area contributed by atoms with Crippen molar-refractivity contribution in [1.29, 1.82) is 0 Å². The lowest BCUT2D eigenvalue weighted by Crippen LogP contribution is -2.34. The van der Waals surface area contributed by atoms with Crippen molar-refractivity contribution in [1.82, 2.24) is 15.3 Å². The standard InChI is InChI=1S/C16H15N3O2/c1-11(9-12-5-4-8-21-12)18-16(20)15-10-17-13-6-2-3-7-14(13)19-15/h2-8,10-11H,9H2,1H3,(H,18,20)/t11-/m0/s1. The summed E-state index contributed by atoms with van der Waals surface area (Å²) in [5.41, 5.74) is 1.81. The fourth-order valence-corrected chi connectivity index (χ4v) is 2.15. The van der Waals surface area contributed by atoms with E-state index >= 15 is 0 Å². The molecule has 3 aromatic rings. The highest BCUT2D eigenvalue weighted by molar-refractivity contribution is 5.93. The fourth-order valence-electron chi connectivity index (χ4n) is 2.15. The van der Waals surface area contributed by atoms with Crippen LogP contribution in [-0.2, 0) is 6.42 Å². The maximum absolute atomic E-state index is 12.2. The van der Waals surface area contributed by atoms with Crippen LogP contribution in [-0.4, -0.2) is 21.9 Å². The predicted molar refractivity (Wildman–Crippen MR) is 78.9 cm³/mol. The number of rotatable bonds is 4. The summed E-state index contributed by atoms with van der Waals surface area (Å²) >= 11 is 0. The minimum atomic E-state index is -0.229. The quantitative estimate of drug-likeness (QED) is 0.798. The molecule has 0 fully saturated rings. The Morgan fingerprint density at radius 1 is 1.24 bits per heavy atom. The van der Waals surface area contributed by atoms with E-state index in [-0.39, 0.29) is 11.9 Å². The van der Waals surface area contributed by atoms with Crippen LogP contribution in [0.4, 0.5) is 0 Å². The Bertz CT molecular complexity index is 753. The molecule has 0 aliphatic carbocycles.